The smallest absolute Gasteiger partial charge is 0.163 e. The van der Waals surface area contributed by atoms with E-state index in [4.69, 9.17) is 14.2 Å². The first-order chi connectivity index (χ1) is 21.4. The first-order valence-electron chi connectivity index (χ1n) is 16.1. The number of hydrogen-bond acceptors (Lipinski definition) is 7. The maximum absolute atomic E-state index is 6.32. The van der Waals surface area contributed by atoms with Crippen LogP contribution in [0.3, 0.4) is 0 Å². The van der Waals surface area contributed by atoms with Gasteiger partial charge in [-0.3, -0.25) is 9.88 Å². The highest BCUT2D eigenvalue weighted by Gasteiger charge is 2.26. The number of piperidine rings is 1. The molecule has 4 aromatic rings. The van der Waals surface area contributed by atoms with Crippen LogP contribution in [0.2, 0.25) is 0 Å². The third kappa shape index (κ3) is 7.28. The molecule has 0 unspecified atom stereocenters. The molecule has 3 aromatic carbocycles. The average molecular weight is 595 g/mol. The van der Waals surface area contributed by atoms with E-state index in [0.29, 0.717) is 18.1 Å². The lowest BCUT2D eigenvalue weighted by molar-refractivity contribution is 0.114. The molecular weight excluding hydrogens is 548 g/mol. The molecule has 44 heavy (non-hydrogen) atoms. The number of aromatic nitrogens is 1. The van der Waals surface area contributed by atoms with Crippen LogP contribution in [-0.2, 0) is 5.41 Å². The number of likely N-dealkylation sites (tertiary alicyclic amines) is 2. The van der Waals surface area contributed by atoms with Gasteiger partial charge in [-0.25, -0.2) is 0 Å². The molecule has 0 saturated carbocycles. The molecule has 7 nitrogen and oxygen atoms in total. The molecule has 232 valence electrons. The Morgan fingerprint density at radius 1 is 0.818 bits per heavy atom. The summed E-state index contributed by atoms with van der Waals surface area (Å²) in [6.07, 6.45) is 7.02. The molecule has 6 rings (SSSR count). The molecule has 0 spiro atoms. The third-order valence-corrected chi connectivity index (χ3v) is 8.99. The fraction of sp³-hybridized carbons (Fsp3) is 0.432. The SMILES string of the molecule is COc1cc2c(Oc3ccc(Nc4ccc(C(C)(C)C)cc4)cc3)ccnc2cc1OCCN1CCC(N2CCCC2)CC1. The van der Waals surface area contributed by atoms with Crippen LogP contribution in [0, 0.1) is 0 Å². The zero-order chi connectivity index (χ0) is 30.5. The highest BCUT2D eigenvalue weighted by Crippen LogP contribution is 2.37. The molecule has 0 amide bonds. The van der Waals surface area contributed by atoms with Crippen molar-refractivity contribution in [1.29, 1.82) is 0 Å². The van der Waals surface area contributed by atoms with E-state index in [1.54, 1.807) is 13.3 Å². The maximum atomic E-state index is 6.32. The van der Waals surface area contributed by atoms with E-state index in [0.717, 1.165) is 59.5 Å². The van der Waals surface area contributed by atoms with Crippen LogP contribution in [0.15, 0.2) is 72.9 Å². The van der Waals surface area contributed by atoms with Crippen molar-refractivity contribution in [2.45, 2.75) is 57.9 Å². The summed E-state index contributed by atoms with van der Waals surface area (Å²) in [6, 6.07) is 23.2. The third-order valence-electron chi connectivity index (χ3n) is 8.99. The number of hydrogen-bond donors (Lipinski definition) is 1. The number of methoxy groups -OCH3 is 1. The first-order valence-corrected chi connectivity index (χ1v) is 16.1. The van der Waals surface area contributed by atoms with Crippen molar-refractivity contribution < 1.29 is 14.2 Å². The van der Waals surface area contributed by atoms with Gasteiger partial charge in [0.15, 0.2) is 11.5 Å². The predicted molar refractivity (Wildman–Crippen MR) is 179 cm³/mol. The second kappa shape index (κ2) is 13.4. The van der Waals surface area contributed by atoms with E-state index in [2.05, 4.69) is 65.1 Å². The quantitative estimate of drug-likeness (QED) is 0.200. The number of rotatable bonds is 10. The number of nitrogens with zero attached hydrogens (tertiary/aromatic N) is 3. The van der Waals surface area contributed by atoms with Gasteiger partial charge in [-0.05, 0) is 111 Å². The largest absolute Gasteiger partial charge is 0.493 e. The number of benzene rings is 3. The monoisotopic (exact) mass is 594 g/mol. The molecule has 7 heteroatoms. The summed E-state index contributed by atoms with van der Waals surface area (Å²) < 4.78 is 18.3. The van der Waals surface area contributed by atoms with E-state index < -0.39 is 0 Å². The highest BCUT2D eigenvalue weighted by atomic mass is 16.5. The molecule has 0 bridgehead atoms. The van der Waals surface area contributed by atoms with Crippen molar-refractivity contribution in [2.75, 3.05) is 51.8 Å². The van der Waals surface area contributed by atoms with Crippen molar-refractivity contribution in [3.63, 3.8) is 0 Å². The predicted octanol–water partition coefficient (Wildman–Crippen LogP) is 8.02. The summed E-state index contributed by atoms with van der Waals surface area (Å²) in [6.45, 7) is 13.1. The number of fused-ring (bicyclic) bond motifs is 1. The molecule has 2 aliphatic rings. The van der Waals surface area contributed by atoms with E-state index in [1.165, 1.54) is 44.3 Å². The molecular formula is C37H46N4O3. The van der Waals surface area contributed by atoms with Crippen LogP contribution in [0.25, 0.3) is 10.9 Å². The maximum Gasteiger partial charge on any atom is 0.163 e. The number of nitrogens with one attached hydrogen (secondary N) is 1. The van der Waals surface area contributed by atoms with Gasteiger partial charge in [0, 0.05) is 41.6 Å². The van der Waals surface area contributed by atoms with Gasteiger partial charge < -0.3 is 24.4 Å². The van der Waals surface area contributed by atoms with Crippen LogP contribution in [-0.4, -0.2) is 67.3 Å². The number of anilines is 2. The summed E-state index contributed by atoms with van der Waals surface area (Å²) in [5.41, 5.74) is 4.31. The minimum atomic E-state index is 0.136. The molecule has 1 N–H and O–H groups in total. The van der Waals surface area contributed by atoms with Gasteiger partial charge in [0.05, 0.1) is 12.6 Å². The zero-order valence-corrected chi connectivity index (χ0v) is 26.6. The van der Waals surface area contributed by atoms with Gasteiger partial charge in [-0.1, -0.05) is 32.9 Å². The molecule has 2 saturated heterocycles. The molecule has 0 atom stereocenters. The Morgan fingerprint density at radius 2 is 1.50 bits per heavy atom. The van der Waals surface area contributed by atoms with Crippen molar-refractivity contribution in [2.24, 2.45) is 0 Å². The molecule has 1 aromatic heterocycles. The Balaban J connectivity index is 1.06. The van der Waals surface area contributed by atoms with E-state index in [9.17, 15) is 0 Å². The van der Waals surface area contributed by atoms with Gasteiger partial charge >= 0.3 is 0 Å². The van der Waals surface area contributed by atoms with Crippen molar-refractivity contribution in [3.05, 3.63) is 78.5 Å². The number of ether oxygens (including phenoxy) is 3. The average Bonchev–Trinajstić information content (AvgIpc) is 3.57. The normalized spacial score (nSPS) is 16.7. The van der Waals surface area contributed by atoms with Crippen LogP contribution < -0.4 is 19.5 Å². The van der Waals surface area contributed by atoms with Crippen LogP contribution in [0.4, 0.5) is 11.4 Å². The second-order valence-electron chi connectivity index (χ2n) is 13.1. The summed E-state index contributed by atoms with van der Waals surface area (Å²) in [5, 5.41) is 4.35. The molecule has 0 aliphatic carbocycles. The van der Waals surface area contributed by atoms with Crippen LogP contribution in [0.5, 0.6) is 23.0 Å². The zero-order valence-electron chi connectivity index (χ0n) is 26.6. The Labute approximate surface area is 262 Å². The van der Waals surface area contributed by atoms with Gasteiger partial charge in [0.2, 0.25) is 0 Å². The lowest BCUT2D eigenvalue weighted by atomic mass is 9.87. The standard InChI is InChI=1S/C37H46N4O3/c1-37(2,3)27-7-9-28(10-8-27)39-29-11-13-31(14-12-29)44-34-15-18-38-33-26-36(35(42-4)25-32(33)34)43-24-23-40-21-16-30(17-22-40)41-19-5-6-20-41/h7-15,18,25-26,30,39H,5-6,16-17,19-24H2,1-4H3. The van der Waals surface area contributed by atoms with E-state index in [1.807, 2.05) is 42.5 Å². The minimum Gasteiger partial charge on any atom is -0.493 e. The Hall–Kier alpha value is -3.81. The second-order valence-corrected chi connectivity index (χ2v) is 13.1. The topological polar surface area (TPSA) is 59.1 Å². The fourth-order valence-electron chi connectivity index (χ4n) is 6.34. The van der Waals surface area contributed by atoms with Crippen molar-refractivity contribution in [1.82, 2.24) is 14.8 Å². The molecule has 2 fully saturated rings. The van der Waals surface area contributed by atoms with E-state index in [-0.39, 0.29) is 5.41 Å². The highest BCUT2D eigenvalue weighted by molar-refractivity contribution is 5.88. The van der Waals surface area contributed by atoms with E-state index >= 15 is 0 Å². The Morgan fingerprint density at radius 3 is 2.16 bits per heavy atom. The van der Waals surface area contributed by atoms with Crippen LogP contribution >= 0.6 is 0 Å². The van der Waals surface area contributed by atoms with Gasteiger partial charge in [0.1, 0.15) is 18.1 Å². The summed E-state index contributed by atoms with van der Waals surface area (Å²) >= 11 is 0. The first kappa shape index (κ1) is 30.2. The van der Waals surface area contributed by atoms with Gasteiger partial charge in [-0.15, -0.1) is 0 Å². The molecule has 0 radical (unpaired) electrons. The molecule has 3 heterocycles. The van der Waals surface area contributed by atoms with Crippen molar-refractivity contribution in [3.8, 4) is 23.0 Å². The lowest BCUT2D eigenvalue weighted by Gasteiger charge is -2.36. The summed E-state index contributed by atoms with van der Waals surface area (Å²) in [7, 11) is 1.68. The fourth-order valence-corrected chi connectivity index (χ4v) is 6.34. The summed E-state index contributed by atoms with van der Waals surface area (Å²) in [5.74, 6) is 2.86. The van der Waals surface area contributed by atoms with Crippen molar-refractivity contribution >= 4 is 22.3 Å². The Bertz CT molecular complexity index is 1520. The number of pyridine rings is 1. The lowest BCUT2D eigenvalue weighted by Crippen LogP contribution is -2.44. The van der Waals surface area contributed by atoms with Gasteiger partial charge in [-0.2, -0.15) is 0 Å². The molecule has 2 aliphatic heterocycles. The Kier molecular flexibility index (Phi) is 9.24. The minimum absolute atomic E-state index is 0.136. The summed E-state index contributed by atoms with van der Waals surface area (Å²) in [4.78, 5) is 9.82. The van der Waals surface area contributed by atoms with Crippen LogP contribution in [0.1, 0.15) is 52.0 Å². The van der Waals surface area contributed by atoms with Gasteiger partial charge in [0.25, 0.3) is 0 Å².